The summed E-state index contributed by atoms with van der Waals surface area (Å²) in [5.41, 5.74) is 2.35. The number of carbonyl (C=O) groups is 1. The van der Waals surface area contributed by atoms with Gasteiger partial charge in [-0.3, -0.25) is 4.79 Å². The average molecular weight is 346 g/mol. The second kappa shape index (κ2) is 5.84. The molecule has 0 N–H and O–H groups in total. The van der Waals surface area contributed by atoms with Crippen molar-refractivity contribution >= 4 is 5.78 Å². The molecule has 0 saturated heterocycles. The van der Waals surface area contributed by atoms with Gasteiger partial charge < -0.3 is 14.2 Å². The second-order valence-corrected chi connectivity index (χ2v) is 6.15. The van der Waals surface area contributed by atoms with E-state index in [0.717, 1.165) is 16.9 Å². The summed E-state index contributed by atoms with van der Waals surface area (Å²) >= 11 is 0. The van der Waals surface area contributed by atoms with Gasteiger partial charge in [0, 0.05) is 23.6 Å². The molecule has 1 aliphatic heterocycles. The summed E-state index contributed by atoms with van der Waals surface area (Å²) in [7, 11) is 0. The maximum Gasteiger partial charge on any atom is 0.282 e. The van der Waals surface area contributed by atoms with E-state index in [0.29, 0.717) is 41.7 Å². The Bertz CT molecular complexity index is 1030. The lowest BCUT2D eigenvalue weighted by Crippen LogP contribution is -2.06. The van der Waals surface area contributed by atoms with Gasteiger partial charge in [0.05, 0.1) is 0 Å². The van der Waals surface area contributed by atoms with Crippen molar-refractivity contribution in [3.05, 3.63) is 65.4 Å². The van der Waals surface area contributed by atoms with Gasteiger partial charge in [0.25, 0.3) is 5.88 Å². The van der Waals surface area contributed by atoms with E-state index in [1.54, 1.807) is 6.07 Å². The highest BCUT2D eigenvalue weighted by molar-refractivity contribution is 6.01. The largest absolute Gasteiger partial charge is 0.487 e. The van der Waals surface area contributed by atoms with Crippen molar-refractivity contribution in [2.75, 3.05) is 0 Å². The van der Waals surface area contributed by atoms with Crippen molar-refractivity contribution in [2.45, 2.75) is 19.4 Å². The molecular weight excluding hydrogens is 332 g/mol. The summed E-state index contributed by atoms with van der Waals surface area (Å²) in [6.07, 6.45) is 1.26. The highest BCUT2D eigenvalue weighted by Crippen LogP contribution is 2.43. The summed E-state index contributed by atoms with van der Waals surface area (Å²) in [6, 6.07) is 14.7. The van der Waals surface area contributed by atoms with Gasteiger partial charge >= 0.3 is 0 Å². The third kappa shape index (κ3) is 2.47. The zero-order chi connectivity index (χ0) is 17.5. The molecule has 0 saturated carbocycles. The molecule has 26 heavy (non-hydrogen) atoms. The van der Waals surface area contributed by atoms with E-state index in [9.17, 15) is 4.79 Å². The van der Waals surface area contributed by atoms with Crippen LogP contribution in [0.15, 0.2) is 48.5 Å². The predicted molar refractivity (Wildman–Crippen MR) is 92.0 cm³/mol. The zero-order valence-corrected chi connectivity index (χ0v) is 13.8. The van der Waals surface area contributed by atoms with E-state index in [1.807, 2.05) is 42.5 Å². The fraction of sp³-hybridized carbons (Fsp3) is 0.150. The molecule has 0 fully saturated rings. The van der Waals surface area contributed by atoms with E-state index < -0.39 is 0 Å². The zero-order valence-electron chi connectivity index (χ0n) is 13.8. The third-order valence-corrected chi connectivity index (χ3v) is 4.46. The molecule has 6 heteroatoms. The summed E-state index contributed by atoms with van der Waals surface area (Å²) in [5.74, 6) is 2.98. The molecule has 0 amide bonds. The minimum absolute atomic E-state index is 0.170. The van der Waals surface area contributed by atoms with Crippen LogP contribution in [0.2, 0.25) is 0 Å². The molecule has 2 heterocycles. The van der Waals surface area contributed by atoms with Gasteiger partial charge in [0.2, 0.25) is 0 Å². The Morgan fingerprint density at radius 3 is 2.65 bits per heavy atom. The van der Waals surface area contributed by atoms with Gasteiger partial charge in [-0.15, -0.1) is 10.2 Å². The molecular formula is C20H14N2O4. The van der Waals surface area contributed by atoms with Crippen LogP contribution < -0.4 is 14.2 Å². The number of benzene rings is 2. The number of carbonyl (C=O) groups excluding carboxylic acids is 1. The first kappa shape index (κ1) is 14.9. The van der Waals surface area contributed by atoms with Gasteiger partial charge in [-0.2, -0.15) is 0 Å². The number of para-hydroxylation sites is 2. The number of ketones is 1. The van der Waals surface area contributed by atoms with E-state index in [2.05, 4.69) is 10.2 Å². The molecule has 3 aromatic rings. The van der Waals surface area contributed by atoms with Gasteiger partial charge in [-0.05, 0) is 24.6 Å². The molecule has 5 rings (SSSR count). The third-order valence-electron chi connectivity index (χ3n) is 4.46. The molecule has 0 atom stereocenters. The standard InChI is InChI=1S/C20H14N2O4/c23-15-9-8-14-13(15)4-3-7-16(14)24-11-12-10-19-20(22-21-12)26-18-6-2-1-5-17(18)25-19/h1-7,10H,8-9,11H2. The van der Waals surface area contributed by atoms with Crippen molar-refractivity contribution in [2.24, 2.45) is 0 Å². The van der Waals surface area contributed by atoms with Gasteiger partial charge in [0.1, 0.15) is 18.1 Å². The highest BCUT2D eigenvalue weighted by Gasteiger charge is 2.23. The normalized spacial score (nSPS) is 13.9. The Morgan fingerprint density at radius 1 is 0.923 bits per heavy atom. The molecule has 1 aliphatic carbocycles. The maximum atomic E-state index is 11.8. The number of fused-ring (bicyclic) bond motifs is 3. The Kier molecular flexibility index (Phi) is 3.35. The molecule has 0 unspecified atom stereocenters. The number of hydrogen-bond donors (Lipinski definition) is 0. The quantitative estimate of drug-likeness (QED) is 0.557. The number of hydrogen-bond acceptors (Lipinski definition) is 6. The fourth-order valence-electron chi connectivity index (χ4n) is 3.20. The summed E-state index contributed by atoms with van der Waals surface area (Å²) in [4.78, 5) is 11.8. The van der Waals surface area contributed by atoms with Crippen molar-refractivity contribution in [3.8, 4) is 28.9 Å². The molecule has 0 bridgehead atoms. The number of Topliss-reactive ketones (excluding diaryl/α,β-unsaturated/α-hetero) is 1. The minimum atomic E-state index is 0.170. The Balaban J connectivity index is 1.36. The van der Waals surface area contributed by atoms with Crippen LogP contribution in [0.4, 0.5) is 0 Å². The monoisotopic (exact) mass is 346 g/mol. The van der Waals surface area contributed by atoms with Crippen molar-refractivity contribution in [1.29, 1.82) is 0 Å². The van der Waals surface area contributed by atoms with Gasteiger partial charge in [-0.25, -0.2) is 0 Å². The Morgan fingerprint density at radius 2 is 1.77 bits per heavy atom. The van der Waals surface area contributed by atoms with E-state index in [-0.39, 0.29) is 12.4 Å². The number of nitrogens with zero attached hydrogens (tertiary/aromatic N) is 2. The molecule has 128 valence electrons. The first-order chi connectivity index (χ1) is 12.8. The molecule has 0 radical (unpaired) electrons. The van der Waals surface area contributed by atoms with Crippen molar-refractivity contribution in [3.63, 3.8) is 0 Å². The smallest absolute Gasteiger partial charge is 0.282 e. The average Bonchev–Trinajstić information content (AvgIpc) is 3.06. The molecule has 2 aliphatic rings. The first-order valence-corrected chi connectivity index (χ1v) is 8.37. The molecule has 1 aromatic heterocycles. The van der Waals surface area contributed by atoms with Gasteiger partial charge in [-0.1, -0.05) is 24.3 Å². The van der Waals surface area contributed by atoms with Crippen molar-refractivity contribution < 1.29 is 19.0 Å². The molecule has 2 aromatic carbocycles. The van der Waals surface area contributed by atoms with Crippen LogP contribution in [0.25, 0.3) is 0 Å². The van der Waals surface area contributed by atoms with Crippen LogP contribution in [0.5, 0.6) is 28.9 Å². The fourth-order valence-corrected chi connectivity index (χ4v) is 3.20. The van der Waals surface area contributed by atoms with Crippen molar-refractivity contribution in [1.82, 2.24) is 10.2 Å². The summed E-state index contributed by atoms with van der Waals surface area (Å²) in [6.45, 7) is 0.232. The predicted octanol–water partition coefficient (Wildman–Crippen LogP) is 4.08. The lowest BCUT2D eigenvalue weighted by molar-refractivity contribution is 0.0994. The van der Waals surface area contributed by atoms with Crippen LogP contribution in [0.3, 0.4) is 0 Å². The minimum Gasteiger partial charge on any atom is -0.487 e. The van der Waals surface area contributed by atoms with Crippen LogP contribution in [0.1, 0.15) is 28.0 Å². The molecule has 0 spiro atoms. The Labute approximate surface area is 149 Å². The van der Waals surface area contributed by atoms with Crippen LogP contribution in [-0.4, -0.2) is 16.0 Å². The second-order valence-electron chi connectivity index (χ2n) is 6.15. The number of rotatable bonds is 3. The van der Waals surface area contributed by atoms with E-state index >= 15 is 0 Å². The SMILES string of the molecule is O=C1CCc2c(OCc3cc4c(nn3)Oc3ccccc3O4)cccc21. The lowest BCUT2D eigenvalue weighted by Gasteiger charge is -2.19. The molecule has 6 nitrogen and oxygen atoms in total. The topological polar surface area (TPSA) is 70.5 Å². The number of ether oxygens (including phenoxy) is 3. The lowest BCUT2D eigenvalue weighted by atomic mass is 10.1. The summed E-state index contributed by atoms with van der Waals surface area (Å²) < 4.78 is 17.4. The van der Waals surface area contributed by atoms with Crippen LogP contribution in [-0.2, 0) is 13.0 Å². The van der Waals surface area contributed by atoms with Crippen LogP contribution in [0, 0.1) is 0 Å². The van der Waals surface area contributed by atoms with Gasteiger partial charge in [0.15, 0.2) is 23.0 Å². The van der Waals surface area contributed by atoms with E-state index in [1.165, 1.54) is 0 Å². The first-order valence-electron chi connectivity index (χ1n) is 8.37. The maximum absolute atomic E-state index is 11.8. The summed E-state index contributed by atoms with van der Waals surface area (Å²) in [5, 5.41) is 8.23. The van der Waals surface area contributed by atoms with Crippen LogP contribution >= 0.6 is 0 Å². The van der Waals surface area contributed by atoms with E-state index in [4.69, 9.17) is 14.2 Å². The Hall–Kier alpha value is -3.41. The highest BCUT2D eigenvalue weighted by atomic mass is 16.6. The number of aromatic nitrogens is 2.